The Morgan fingerprint density at radius 1 is 1.05 bits per heavy atom. The maximum atomic E-state index is 13.6. The van der Waals surface area contributed by atoms with Crippen LogP contribution in [0, 0.1) is 0 Å². The molecule has 0 saturated heterocycles. The smallest absolute Gasteiger partial charge is 0.282 e. The third-order valence-electron chi connectivity index (χ3n) is 6.52. The normalized spacial score (nSPS) is 12.4. The van der Waals surface area contributed by atoms with Gasteiger partial charge >= 0.3 is 0 Å². The van der Waals surface area contributed by atoms with Crippen LogP contribution >= 0.6 is 39.1 Å². The van der Waals surface area contributed by atoms with Crippen molar-refractivity contribution in [2.24, 2.45) is 5.10 Å². The first kappa shape index (κ1) is 26.4. The van der Waals surface area contributed by atoms with Crippen molar-refractivity contribution in [3.05, 3.63) is 115 Å². The van der Waals surface area contributed by atoms with Gasteiger partial charge in [-0.25, -0.2) is 4.98 Å². The van der Waals surface area contributed by atoms with Crippen molar-refractivity contribution in [1.29, 1.82) is 0 Å². The molecular weight excluding hydrogens is 585 g/mol. The molecule has 0 N–H and O–H groups in total. The van der Waals surface area contributed by atoms with Gasteiger partial charge in [0.15, 0.2) is 0 Å². The first-order chi connectivity index (χ1) is 18.4. The van der Waals surface area contributed by atoms with Crippen molar-refractivity contribution in [3.8, 4) is 5.75 Å². The zero-order valence-electron chi connectivity index (χ0n) is 20.8. The van der Waals surface area contributed by atoms with E-state index < -0.39 is 0 Å². The molecular formula is C30H24BrCl2N3O2. The van der Waals surface area contributed by atoms with Crippen molar-refractivity contribution in [3.63, 3.8) is 0 Å². The second kappa shape index (κ2) is 11.3. The Hall–Kier alpha value is -3.19. The molecule has 0 aliphatic heterocycles. The van der Waals surface area contributed by atoms with Crippen LogP contribution in [-0.2, 0) is 6.61 Å². The predicted octanol–water partition coefficient (Wildman–Crippen LogP) is 8.59. The molecule has 1 aromatic heterocycles. The number of nitrogens with zero attached hydrogens (tertiary/aromatic N) is 3. The minimum Gasteiger partial charge on any atom is -0.488 e. The highest BCUT2D eigenvalue weighted by molar-refractivity contribution is 9.10. The number of halogens is 3. The van der Waals surface area contributed by atoms with Gasteiger partial charge in [0, 0.05) is 31.6 Å². The minimum absolute atomic E-state index is 0.0307. The summed E-state index contributed by atoms with van der Waals surface area (Å²) in [5.74, 6) is 1.26. The number of hydrogen-bond acceptors (Lipinski definition) is 4. The Morgan fingerprint density at radius 3 is 2.66 bits per heavy atom. The molecule has 0 fully saturated rings. The van der Waals surface area contributed by atoms with Crippen molar-refractivity contribution >= 4 is 67.0 Å². The Labute approximate surface area is 238 Å². The van der Waals surface area contributed by atoms with Crippen LogP contribution in [0.5, 0.6) is 5.75 Å². The van der Waals surface area contributed by atoms with Crippen LogP contribution in [0.15, 0.2) is 87.2 Å². The topological polar surface area (TPSA) is 56.5 Å². The highest BCUT2D eigenvalue weighted by Crippen LogP contribution is 2.29. The molecule has 8 heteroatoms. The van der Waals surface area contributed by atoms with Gasteiger partial charge in [0.1, 0.15) is 18.2 Å². The van der Waals surface area contributed by atoms with Crippen molar-refractivity contribution < 1.29 is 4.74 Å². The molecule has 38 heavy (non-hydrogen) atoms. The van der Waals surface area contributed by atoms with Crippen LogP contribution in [0.2, 0.25) is 10.0 Å². The van der Waals surface area contributed by atoms with Gasteiger partial charge in [-0.2, -0.15) is 9.78 Å². The fraction of sp³-hybridized carbons (Fsp3) is 0.167. The quantitative estimate of drug-likeness (QED) is 0.174. The molecule has 0 aliphatic carbocycles. The van der Waals surface area contributed by atoms with E-state index in [9.17, 15) is 4.79 Å². The lowest BCUT2D eigenvalue weighted by molar-refractivity contribution is 0.306. The first-order valence-electron chi connectivity index (χ1n) is 12.2. The molecule has 5 nitrogen and oxygen atoms in total. The van der Waals surface area contributed by atoms with Crippen LogP contribution in [-0.4, -0.2) is 15.9 Å². The molecule has 0 aliphatic rings. The van der Waals surface area contributed by atoms with Crippen molar-refractivity contribution in [1.82, 2.24) is 9.66 Å². The molecule has 4 aromatic carbocycles. The van der Waals surface area contributed by atoms with Gasteiger partial charge < -0.3 is 4.74 Å². The summed E-state index contributed by atoms with van der Waals surface area (Å²) in [5, 5.41) is 8.27. The van der Waals surface area contributed by atoms with Gasteiger partial charge in [0.25, 0.3) is 5.56 Å². The first-order valence-corrected chi connectivity index (χ1v) is 13.8. The molecule has 0 saturated carbocycles. The van der Waals surface area contributed by atoms with Crippen LogP contribution in [0.3, 0.4) is 0 Å². The zero-order chi connectivity index (χ0) is 26.8. The van der Waals surface area contributed by atoms with E-state index in [1.54, 1.807) is 24.4 Å². The third-order valence-corrected chi connectivity index (χ3v) is 7.60. The van der Waals surface area contributed by atoms with Gasteiger partial charge in [-0.05, 0) is 53.6 Å². The molecule has 0 bridgehead atoms. The number of ether oxygens (including phenoxy) is 1. The van der Waals surface area contributed by atoms with E-state index in [1.165, 1.54) is 4.68 Å². The Bertz CT molecular complexity index is 1750. The molecule has 0 amide bonds. The van der Waals surface area contributed by atoms with Gasteiger partial charge in [-0.1, -0.05) is 89.4 Å². The number of fused-ring (bicyclic) bond motifs is 2. The lowest BCUT2D eigenvalue weighted by Gasteiger charge is -2.15. The molecule has 5 aromatic rings. The van der Waals surface area contributed by atoms with E-state index in [4.69, 9.17) is 38.0 Å². The summed E-state index contributed by atoms with van der Waals surface area (Å²) >= 11 is 15.9. The number of benzene rings is 4. The Balaban J connectivity index is 1.63. The molecule has 0 radical (unpaired) electrons. The van der Waals surface area contributed by atoms with Gasteiger partial charge in [0.05, 0.1) is 17.1 Å². The minimum atomic E-state index is -0.224. The molecule has 1 atom stereocenters. The van der Waals surface area contributed by atoms with E-state index in [0.29, 0.717) is 32.5 Å². The fourth-order valence-electron chi connectivity index (χ4n) is 4.22. The second-order valence-electron chi connectivity index (χ2n) is 9.03. The maximum Gasteiger partial charge on any atom is 0.282 e. The summed E-state index contributed by atoms with van der Waals surface area (Å²) in [6, 6.07) is 22.7. The SMILES string of the molecule is CC[C@H](C)c1nc2ccc(Br)cc2c(=O)n1N=Cc1c(OCc2ccc(Cl)cc2Cl)ccc2ccccc12. The Morgan fingerprint density at radius 2 is 1.87 bits per heavy atom. The zero-order valence-corrected chi connectivity index (χ0v) is 23.9. The summed E-state index contributed by atoms with van der Waals surface area (Å²) in [6.07, 6.45) is 2.49. The predicted molar refractivity (Wildman–Crippen MR) is 160 cm³/mol. The number of rotatable bonds is 7. The molecule has 192 valence electrons. The lowest BCUT2D eigenvalue weighted by Crippen LogP contribution is -2.23. The van der Waals surface area contributed by atoms with E-state index in [0.717, 1.165) is 32.8 Å². The summed E-state index contributed by atoms with van der Waals surface area (Å²) in [6.45, 7) is 4.36. The number of hydrogen-bond donors (Lipinski definition) is 0. The monoisotopic (exact) mass is 607 g/mol. The second-order valence-corrected chi connectivity index (χ2v) is 10.8. The van der Waals surface area contributed by atoms with Gasteiger partial charge in [0.2, 0.25) is 0 Å². The maximum absolute atomic E-state index is 13.6. The summed E-state index contributed by atoms with van der Waals surface area (Å²) in [5.41, 5.74) is 1.99. The molecule has 1 heterocycles. The van der Waals surface area contributed by atoms with Crippen molar-refractivity contribution in [2.75, 3.05) is 0 Å². The van der Waals surface area contributed by atoms with Gasteiger partial charge in [-0.3, -0.25) is 4.79 Å². The van der Waals surface area contributed by atoms with Crippen molar-refractivity contribution in [2.45, 2.75) is 32.8 Å². The molecule has 0 unspecified atom stereocenters. The van der Waals surface area contributed by atoms with Gasteiger partial charge in [-0.15, -0.1) is 0 Å². The van der Waals surface area contributed by atoms with Crippen LogP contribution in [0.4, 0.5) is 0 Å². The van der Waals surface area contributed by atoms with E-state index in [-0.39, 0.29) is 18.1 Å². The highest BCUT2D eigenvalue weighted by atomic mass is 79.9. The van der Waals surface area contributed by atoms with E-state index >= 15 is 0 Å². The molecule has 5 rings (SSSR count). The van der Waals surface area contributed by atoms with Crippen LogP contribution < -0.4 is 10.3 Å². The summed E-state index contributed by atoms with van der Waals surface area (Å²) in [4.78, 5) is 18.4. The highest BCUT2D eigenvalue weighted by Gasteiger charge is 2.16. The average Bonchev–Trinajstić information content (AvgIpc) is 2.92. The van der Waals surface area contributed by atoms with E-state index in [2.05, 4.69) is 22.9 Å². The van der Waals surface area contributed by atoms with Crippen LogP contribution in [0.1, 0.15) is 43.1 Å². The lowest BCUT2D eigenvalue weighted by atomic mass is 10.0. The summed E-state index contributed by atoms with van der Waals surface area (Å²) < 4.78 is 8.44. The summed E-state index contributed by atoms with van der Waals surface area (Å²) in [7, 11) is 0. The molecule has 0 spiro atoms. The fourth-order valence-corrected chi connectivity index (χ4v) is 5.05. The van der Waals surface area contributed by atoms with E-state index in [1.807, 2.05) is 61.5 Å². The number of aromatic nitrogens is 2. The largest absolute Gasteiger partial charge is 0.488 e. The Kier molecular flexibility index (Phi) is 7.84. The third kappa shape index (κ3) is 5.35. The van der Waals surface area contributed by atoms with Crippen LogP contribution in [0.25, 0.3) is 21.7 Å². The standard InChI is InChI=1S/C30H24BrCl2N3O2/c1-3-18(2)29-35-27-12-10-21(31)14-24(27)30(37)36(29)34-16-25-23-7-5-4-6-19(23)9-13-28(25)38-17-20-8-11-22(32)15-26(20)33/h4-16,18H,3,17H2,1-2H3/t18-/m0/s1. The average molecular weight is 609 g/mol.